The quantitative estimate of drug-likeness (QED) is 0.817. The van der Waals surface area contributed by atoms with Crippen LogP contribution in [0.5, 0.6) is 0 Å². The van der Waals surface area contributed by atoms with Crippen molar-refractivity contribution in [3.8, 4) is 0 Å². The van der Waals surface area contributed by atoms with Gasteiger partial charge >= 0.3 is 0 Å². The second kappa shape index (κ2) is 6.44. The minimum atomic E-state index is 0.0106. The van der Waals surface area contributed by atoms with Gasteiger partial charge in [0.1, 0.15) is 16.8 Å². The fourth-order valence-corrected chi connectivity index (χ4v) is 2.28. The average molecular weight is 304 g/mol. The third-order valence-electron chi connectivity index (χ3n) is 3.50. The number of anilines is 1. The Bertz CT molecular complexity index is 594. The van der Waals surface area contributed by atoms with E-state index < -0.39 is 0 Å². The molecule has 0 unspecified atom stereocenters. The highest BCUT2D eigenvalue weighted by atomic mass is 35.5. The van der Waals surface area contributed by atoms with Crippen LogP contribution in [-0.2, 0) is 5.41 Å². The monoisotopic (exact) mass is 303 g/mol. The summed E-state index contributed by atoms with van der Waals surface area (Å²) in [4.78, 5) is 8.77. The van der Waals surface area contributed by atoms with Crippen LogP contribution in [-0.4, -0.2) is 16.5 Å². The lowest BCUT2D eigenvalue weighted by molar-refractivity contribution is 0.555. The molecule has 0 fully saturated rings. The van der Waals surface area contributed by atoms with Crippen LogP contribution in [0.4, 0.5) is 5.82 Å². The van der Waals surface area contributed by atoms with E-state index in [1.54, 1.807) is 6.07 Å². The Balaban J connectivity index is 2.12. The standard InChI is InChI=1S/C17H22ClN3/c1-12(2)16-20-14(18)10-15(21-16)19-11-17(3,4)13-8-6-5-7-9-13/h5-10,12H,11H2,1-4H3,(H,19,20,21). The molecule has 1 N–H and O–H groups in total. The van der Waals surface area contributed by atoms with Gasteiger partial charge in [0.25, 0.3) is 0 Å². The van der Waals surface area contributed by atoms with Gasteiger partial charge in [0.2, 0.25) is 0 Å². The van der Waals surface area contributed by atoms with Gasteiger partial charge in [0, 0.05) is 23.9 Å². The zero-order chi connectivity index (χ0) is 15.5. The Hall–Kier alpha value is -1.61. The number of aromatic nitrogens is 2. The summed E-state index contributed by atoms with van der Waals surface area (Å²) in [5, 5.41) is 3.86. The maximum atomic E-state index is 6.07. The molecule has 3 nitrogen and oxygen atoms in total. The van der Waals surface area contributed by atoms with Crippen molar-refractivity contribution in [3.05, 3.63) is 52.9 Å². The van der Waals surface area contributed by atoms with Gasteiger partial charge in [-0.1, -0.05) is 69.6 Å². The molecule has 0 radical (unpaired) electrons. The van der Waals surface area contributed by atoms with Crippen LogP contribution in [0, 0.1) is 0 Å². The molecular weight excluding hydrogens is 282 g/mol. The first-order valence-electron chi connectivity index (χ1n) is 7.22. The number of hydrogen-bond donors (Lipinski definition) is 1. The number of nitrogens with one attached hydrogen (secondary N) is 1. The third kappa shape index (κ3) is 4.18. The predicted molar refractivity (Wildman–Crippen MR) is 89.1 cm³/mol. The Labute approximate surface area is 131 Å². The number of benzene rings is 1. The molecule has 0 spiro atoms. The van der Waals surface area contributed by atoms with Crippen LogP contribution < -0.4 is 5.32 Å². The van der Waals surface area contributed by atoms with E-state index in [-0.39, 0.29) is 11.3 Å². The molecule has 1 heterocycles. The maximum absolute atomic E-state index is 6.07. The van der Waals surface area contributed by atoms with Crippen LogP contribution in [0.1, 0.15) is 45.0 Å². The molecule has 112 valence electrons. The van der Waals surface area contributed by atoms with E-state index in [1.165, 1.54) is 5.56 Å². The summed E-state index contributed by atoms with van der Waals surface area (Å²) in [6.07, 6.45) is 0. The molecule has 0 saturated heterocycles. The van der Waals surface area contributed by atoms with E-state index in [2.05, 4.69) is 67.2 Å². The van der Waals surface area contributed by atoms with Crippen molar-refractivity contribution in [3.63, 3.8) is 0 Å². The summed E-state index contributed by atoms with van der Waals surface area (Å²) in [7, 11) is 0. The Morgan fingerprint density at radius 2 is 1.81 bits per heavy atom. The van der Waals surface area contributed by atoms with E-state index in [4.69, 9.17) is 11.6 Å². The van der Waals surface area contributed by atoms with Gasteiger partial charge < -0.3 is 5.32 Å². The van der Waals surface area contributed by atoms with Gasteiger partial charge in [0.15, 0.2) is 0 Å². The van der Waals surface area contributed by atoms with E-state index in [0.717, 1.165) is 18.2 Å². The molecule has 0 bridgehead atoms. The molecule has 0 saturated carbocycles. The SMILES string of the molecule is CC(C)c1nc(Cl)cc(NCC(C)(C)c2ccccc2)n1. The number of hydrogen-bond acceptors (Lipinski definition) is 3. The summed E-state index contributed by atoms with van der Waals surface area (Å²) in [6.45, 7) is 9.32. The summed E-state index contributed by atoms with van der Waals surface area (Å²) < 4.78 is 0. The highest BCUT2D eigenvalue weighted by molar-refractivity contribution is 6.29. The van der Waals surface area contributed by atoms with Crippen LogP contribution >= 0.6 is 11.6 Å². The molecule has 0 aliphatic rings. The second-order valence-corrected chi connectivity index (χ2v) is 6.58. The lowest BCUT2D eigenvalue weighted by atomic mass is 9.85. The molecular formula is C17H22ClN3. The Morgan fingerprint density at radius 3 is 2.43 bits per heavy atom. The maximum Gasteiger partial charge on any atom is 0.135 e. The largest absolute Gasteiger partial charge is 0.369 e. The van der Waals surface area contributed by atoms with E-state index in [0.29, 0.717) is 5.15 Å². The average Bonchev–Trinajstić information content (AvgIpc) is 2.45. The molecule has 0 amide bonds. The topological polar surface area (TPSA) is 37.8 Å². The Kier molecular flexibility index (Phi) is 4.84. The molecule has 4 heteroatoms. The predicted octanol–water partition coefficient (Wildman–Crippen LogP) is 4.64. The molecule has 21 heavy (non-hydrogen) atoms. The summed E-state index contributed by atoms with van der Waals surface area (Å²) in [5.41, 5.74) is 1.30. The van der Waals surface area contributed by atoms with Crippen LogP contribution in [0.25, 0.3) is 0 Å². The van der Waals surface area contributed by atoms with Crippen LogP contribution in [0.2, 0.25) is 5.15 Å². The van der Waals surface area contributed by atoms with Gasteiger partial charge in [-0.2, -0.15) is 0 Å². The van der Waals surface area contributed by atoms with Crippen LogP contribution in [0.15, 0.2) is 36.4 Å². The molecule has 1 aromatic carbocycles. The van der Waals surface area contributed by atoms with Crippen molar-refractivity contribution in [1.82, 2.24) is 9.97 Å². The summed E-state index contributed by atoms with van der Waals surface area (Å²) >= 11 is 6.07. The molecule has 2 aromatic rings. The highest BCUT2D eigenvalue weighted by Gasteiger charge is 2.20. The van der Waals surface area contributed by atoms with Crippen molar-refractivity contribution >= 4 is 17.4 Å². The lowest BCUT2D eigenvalue weighted by Crippen LogP contribution is -2.28. The Morgan fingerprint density at radius 1 is 1.14 bits per heavy atom. The summed E-state index contributed by atoms with van der Waals surface area (Å²) in [5.74, 6) is 1.80. The fraction of sp³-hybridized carbons (Fsp3) is 0.412. The van der Waals surface area contributed by atoms with E-state index in [1.807, 2.05) is 6.07 Å². The van der Waals surface area contributed by atoms with Crippen molar-refractivity contribution in [2.24, 2.45) is 0 Å². The molecule has 0 atom stereocenters. The molecule has 2 rings (SSSR count). The highest BCUT2D eigenvalue weighted by Crippen LogP contribution is 2.24. The van der Waals surface area contributed by atoms with Crippen molar-refractivity contribution in [1.29, 1.82) is 0 Å². The first-order chi connectivity index (χ1) is 9.88. The second-order valence-electron chi connectivity index (χ2n) is 6.19. The number of rotatable bonds is 5. The number of nitrogens with zero attached hydrogens (tertiary/aromatic N) is 2. The van der Waals surface area contributed by atoms with E-state index >= 15 is 0 Å². The van der Waals surface area contributed by atoms with Gasteiger partial charge in [0.05, 0.1) is 0 Å². The zero-order valence-electron chi connectivity index (χ0n) is 13.0. The van der Waals surface area contributed by atoms with Gasteiger partial charge in [-0.3, -0.25) is 0 Å². The molecule has 1 aromatic heterocycles. The smallest absolute Gasteiger partial charge is 0.135 e. The minimum Gasteiger partial charge on any atom is -0.369 e. The van der Waals surface area contributed by atoms with Gasteiger partial charge in [-0.25, -0.2) is 9.97 Å². The number of halogens is 1. The van der Waals surface area contributed by atoms with Crippen molar-refractivity contribution in [2.45, 2.75) is 39.0 Å². The van der Waals surface area contributed by atoms with Gasteiger partial charge in [-0.05, 0) is 5.56 Å². The molecule has 0 aliphatic carbocycles. The third-order valence-corrected chi connectivity index (χ3v) is 3.69. The first kappa shape index (κ1) is 15.8. The summed E-state index contributed by atoms with van der Waals surface area (Å²) in [6, 6.07) is 12.2. The molecule has 0 aliphatic heterocycles. The van der Waals surface area contributed by atoms with Gasteiger partial charge in [-0.15, -0.1) is 0 Å². The fourth-order valence-electron chi connectivity index (χ4n) is 2.09. The normalized spacial score (nSPS) is 11.7. The zero-order valence-corrected chi connectivity index (χ0v) is 13.8. The van der Waals surface area contributed by atoms with Crippen molar-refractivity contribution in [2.75, 3.05) is 11.9 Å². The van der Waals surface area contributed by atoms with E-state index in [9.17, 15) is 0 Å². The minimum absolute atomic E-state index is 0.0106. The lowest BCUT2D eigenvalue weighted by Gasteiger charge is -2.26. The first-order valence-corrected chi connectivity index (χ1v) is 7.60. The van der Waals surface area contributed by atoms with Crippen LogP contribution in [0.3, 0.4) is 0 Å². The van der Waals surface area contributed by atoms with Crippen molar-refractivity contribution < 1.29 is 0 Å².